The van der Waals surface area contributed by atoms with Gasteiger partial charge in [-0.25, -0.2) is 0 Å². The SMILES string of the molecule is CC.CC(=O)CNC(c1ccccc1)(c1ccccc1)c1ccccc1. The third-order valence-electron chi connectivity index (χ3n) is 4.22. The van der Waals surface area contributed by atoms with Crippen LogP contribution < -0.4 is 5.32 Å². The van der Waals surface area contributed by atoms with E-state index >= 15 is 0 Å². The van der Waals surface area contributed by atoms with Crippen molar-refractivity contribution in [2.75, 3.05) is 6.54 Å². The minimum atomic E-state index is -0.560. The zero-order chi connectivity index (χ0) is 18.8. The summed E-state index contributed by atoms with van der Waals surface area (Å²) in [5.74, 6) is 0.113. The molecule has 0 aliphatic rings. The first-order valence-electron chi connectivity index (χ1n) is 9.14. The van der Waals surface area contributed by atoms with Gasteiger partial charge in [0.25, 0.3) is 0 Å². The molecule has 2 heteroatoms. The van der Waals surface area contributed by atoms with E-state index in [1.807, 2.05) is 68.4 Å². The van der Waals surface area contributed by atoms with Crippen molar-refractivity contribution in [2.45, 2.75) is 26.3 Å². The van der Waals surface area contributed by atoms with E-state index < -0.39 is 5.54 Å². The summed E-state index contributed by atoms with van der Waals surface area (Å²) in [4.78, 5) is 11.7. The average molecular weight is 345 g/mol. The molecule has 0 radical (unpaired) electrons. The summed E-state index contributed by atoms with van der Waals surface area (Å²) >= 11 is 0. The van der Waals surface area contributed by atoms with Gasteiger partial charge in [-0.05, 0) is 23.6 Å². The molecule has 0 fully saturated rings. The number of nitrogens with one attached hydrogen (secondary N) is 1. The van der Waals surface area contributed by atoms with Crippen molar-refractivity contribution in [2.24, 2.45) is 0 Å². The molecular formula is C24H27NO. The molecule has 0 aromatic heterocycles. The molecule has 0 amide bonds. The van der Waals surface area contributed by atoms with Gasteiger partial charge in [-0.1, -0.05) is 105 Å². The summed E-state index contributed by atoms with van der Waals surface area (Å²) in [5.41, 5.74) is 2.78. The van der Waals surface area contributed by atoms with Crippen molar-refractivity contribution in [3.63, 3.8) is 0 Å². The predicted octanol–water partition coefficient (Wildman–Crippen LogP) is 5.18. The number of benzene rings is 3. The lowest BCUT2D eigenvalue weighted by Crippen LogP contribution is -2.46. The Hall–Kier alpha value is -2.71. The first-order valence-corrected chi connectivity index (χ1v) is 9.14. The van der Waals surface area contributed by atoms with Crippen LogP contribution in [0.25, 0.3) is 0 Å². The zero-order valence-corrected chi connectivity index (χ0v) is 15.8. The Kier molecular flexibility index (Phi) is 7.31. The minimum Gasteiger partial charge on any atom is -0.299 e. The van der Waals surface area contributed by atoms with Gasteiger partial charge in [-0.3, -0.25) is 10.1 Å². The van der Waals surface area contributed by atoms with E-state index in [4.69, 9.17) is 0 Å². The summed E-state index contributed by atoms with van der Waals surface area (Å²) in [6, 6.07) is 30.9. The number of Topliss-reactive ketones (excluding diaryl/α,β-unsaturated/α-hetero) is 1. The van der Waals surface area contributed by atoms with Gasteiger partial charge in [0, 0.05) is 0 Å². The van der Waals surface area contributed by atoms with Crippen LogP contribution in [0.15, 0.2) is 91.0 Å². The van der Waals surface area contributed by atoms with Crippen molar-refractivity contribution >= 4 is 5.78 Å². The van der Waals surface area contributed by atoms with Crippen molar-refractivity contribution in [3.05, 3.63) is 108 Å². The molecule has 0 unspecified atom stereocenters. The molecule has 3 rings (SSSR count). The monoisotopic (exact) mass is 345 g/mol. The third-order valence-corrected chi connectivity index (χ3v) is 4.22. The molecule has 0 spiro atoms. The molecular weight excluding hydrogens is 318 g/mol. The van der Waals surface area contributed by atoms with Gasteiger partial charge in [0.15, 0.2) is 0 Å². The van der Waals surface area contributed by atoms with Crippen molar-refractivity contribution in [1.29, 1.82) is 0 Å². The van der Waals surface area contributed by atoms with Gasteiger partial charge in [-0.2, -0.15) is 0 Å². The lowest BCUT2D eigenvalue weighted by molar-refractivity contribution is -0.116. The maximum Gasteiger partial charge on any atom is 0.143 e. The molecule has 0 heterocycles. The lowest BCUT2D eigenvalue weighted by Gasteiger charge is -2.37. The highest BCUT2D eigenvalue weighted by Crippen LogP contribution is 2.36. The van der Waals surface area contributed by atoms with E-state index in [9.17, 15) is 4.79 Å². The lowest BCUT2D eigenvalue weighted by atomic mass is 9.77. The second-order valence-electron chi connectivity index (χ2n) is 5.90. The second-order valence-corrected chi connectivity index (χ2v) is 5.90. The fourth-order valence-corrected chi connectivity index (χ4v) is 3.13. The van der Waals surface area contributed by atoms with Gasteiger partial charge in [0.2, 0.25) is 0 Å². The predicted molar refractivity (Wildman–Crippen MR) is 109 cm³/mol. The molecule has 0 saturated heterocycles. The summed E-state index contributed by atoms with van der Waals surface area (Å²) in [7, 11) is 0. The summed E-state index contributed by atoms with van der Waals surface area (Å²) in [6.07, 6.45) is 0. The highest BCUT2D eigenvalue weighted by atomic mass is 16.1. The smallest absolute Gasteiger partial charge is 0.143 e. The van der Waals surface area contributed by atoms with Gasteiger partial charge in [0.05, 0.1) is 12.1 Å². The molecule has 2 nitrogen and oxygen atoms in total. The summed E-state index contributed by atoms with van der Waals surface area (Å²) < 4.78 is 0. The highest BCUT2D eigenvalue weighted by Gasteiger charge is 2.35. The molecule has 0 atom stereocenters. The van der Waals surface area contributed by atoms with Gasteiger partial charge < -0.3 is 0 Å². The first kappa shape index (κ1) is 19.6. The number of hydrogen-bond donors (Lipinski definition) is 1. The van der Waals surface area contributed by atoms with Crippen LogP contribution in [0.2, 0.25) is 0 Å². The Morgan fingerprint density at radius 1 is 0.692 bits per heavy atom. The number of ketones is 1. The summed E-state index contributed by atoms with van der Waals surface area (Å²) in [5, 5.41) is 3.53. The maximum atomic E-state index is 11.7. The van der Waals surface area contributed by atoms with E-state index in [-0.39, 0.29) is 5.78 Å². The fraction of sp³-hybridized carbons (Fsp3) is 0.208. The third kappa shape index (κ3) is 4.27. The van der Waals surface area contributed by atoms with Crippen LogP contribution in [-0.2, 0) is 10.3 Å². The Morgan fingerprint density at radius 2 is 1.00 bits per heavy atom. The molecule has 134 valence electrons. The van der Waals surface area contributed by atoms with Gasteiger partial charge in [0.1, 0.15) is 5.78 Å². The molecule has 26 heavy (non-hydrogen) atoms. The number of hydrogen-bond acceptors (Lipinski definition) is 2. The maximum absolute atomic E-state index is 11.7. The number of carbonyl (C=O) groups is 1. The van der Waals surface area contributed by atoms with Crippen molar-refractivity contribution < 1.29 is 4.79 Å². The topological polar surface area (TPSA) is 29.1 Å². The Bertz CT molecular complexity index is 686. The van der Waals surface area contributed by atoms with Crippen LogP contribution in [0, 0.1) is 0 Å². The minimum absolute atomic E-state index is 0.113. The van der Waals surface area contributed by atoms with Crippen LogP contribution >= 0.6 is 0 Å². The molecule has 0 bridgehead atoms. The van der Waals surface area contributed by atoms with E-state index in [1.54, 1.807) is 6.92 Å². The van der Waals surface area contributed by atoms with Gasteiger partial charge in [-0.15, -0.1) is 0 Å². The molecule has 3 aromatic carbocycles. The van der Waals surface area contributed by atoms with Crippen molar-refractivity contribution in [1.82, 2.24) is 5.32 Å². The van der Waals surface area contributed by atoms with Gasteiger partial charge >= 0.3 is 0 Å². The Labute approximate surface area is 156 Å². The van der Waals surface area contributed by atoms with E-state index in [1.165, 1.54) is 0 Å². The average Bonchev–Trinajstić information content (AvgIpc) is 2.72. The molecule has 3 aromatic rings. The largest absolute Gasteiger partial charge is 0.299 e. The quantitative estimate of drug-likeness (QED) is 0.623. The molecule has 1 N–H and O–H groups in total. The molecule has 0 aliphatic heterocycles. The molecule has 0 aliphatic carbocycles. The number of carbonyl (C=O) groups excluding carboxylic acids is 1. The van der Waals surface area contributed by atoms with Crippen LogP contribution in [-0.4, -0.2) is 12.3 Å². The van der Waals surface area contributed by atoms with Crippen LogP contribution in [0.4, 0.5) is 0 Å². The number of rotatable bonds is 6. The van der Waals surface area contributed by atoms with Crippen LogP contribution in [0.3, 0.4) is 0 Å². The van der Waals surface area contributed by atoms with E-state index in [0.29, 0.717) is 6.54 Å². The molecule has 0 saturated carbocycles. The van der Waals surface area contributed by atoms with E-state index in [0.717, 1.165) is 16.7 Å². The Morgan fingerprint density at radius 3 is 1.27 bits per heavy atom. The first-order chi connectivity index (χ1) is 12.7. The van der Waals surface area contributed by atoms with Crippen LogP contribution in [0.5, 0.6) is 0 Å². The van der Waals surface area contributed by atoms with E-state index in [2.05, 4.69) is 41.7 Å². The second kappa shape index (κ2) is 9.69. The zero-order valence-electron chi connectivity index (χ0n) is 15.8. The normalized spacial score (nSPS) is 10.6. The fourth-order valence-electron chi connectivity index (χ4n) is 3.13. The summed E-state index contributed by atoms with van der Waals surface area (Å²) in [6.45, 7) is 5.91. The standard InChI is InChI=1S/C22H21NO.C2H6/c1-18(24)17-23-22(19-11-5-2-6-12-19,20-13-7-3-8-14-20)21-15-9-4-10-16-21;1-2/h2-16,23H,17H2,1H3;1-2H3. The van der Waals surface area contributed by atoms with Crippen LogP contribution in [0.1, 0.15) is 37.5 Å². The Balaban J connectivity index is 0.00000117. The highest BCUT2D eigenvalue weighted by molar-refractivity contribution is 5.78. The van der Waals surface area contributed by atoms with Crippen molar-refractivity contribution in [3.8, 4) is 0 Å².